The molecule has 0 saturated carbocycles. The number of hydrogen-bond donors (Lipinski definition) is 2. The average molecular weight is 321 g/mol. The molecule has 19 heavy (non-hydrogen) atoms. The Morgan fingerprint density at radius 3 is 2.89 bits per heavy atom. The number of amides is 1. The first-order valence-electron chi connectivity index (χ1n) is 5.67. The van der Waals surface area contributed by atoms with E-state index in [0.29, 0.717) is 16.0 Å². The van der Waals surface area contributed by atoms with E-state index in [-0.39, 0.29) is 18.1 Å². The predicted octanol–water partition coefficient (Wildman–Crippen LogP) is 2.19. The number of thioether (sulfide) groups is 2. The van der Waals surface area contributed by atoms with E-state index < -0.39 is 5.97 Å². The zero-order valence-electron chi connectivity index (χ0n) is 10.4. The first-order valence-corrected chi connectivity index (χ1v) is 8.59. The first-order chi connectivity index (χ1) is 9.11. The fourth-order valence-corrected chi connectivity index (χ4v) is 3.13. The van der Waals surface area contributed by atoms with E-state index in [4.69, 9.17) is 5.11 Å². The van der Waals surface area contributed by atoms with E-state index in [0.717, 1.165) is 23.7 Å². The Morgan fingerprint density at radius 2 is 2.21 bits per heavy atom. The maximum Gasteiger partial charge on any atom is 0.304 e. The number of anilines is 1. The topological polar surface area (TPSA) is 92.2 Å². The van der Waals surface area contributed by atoms with Crippen LogP contribution in [0.2, 0.25) is 0 Å². The molecular weight excluding hydrogens is 306 g/mol. The summed E-state index contributed by atoms with van der Waals surface area (Å²) in [6.07, 6.45) is 1.11. The molecule has 0 fully saturated rings. The summed E-state index contributed by atoms with van der Waals surface area (Å²) in [5, 5.41) is 12.3. The molecular formula is C10H15N3O3S3. The Morgan fingerprint density at radius 1 is 1.42 bits per heavy atom. The fourth-order valence-electron chi connectivity index (χ4n) is 0.992. The highest BCUT2D eigenvalue weighted by Crippen LogP contribution is 2.20. The van der Waals surface area contributed by atoms with Gasteiger partial charge in [0, 0.05) is 23.0 Å². The Kier molecular flexibility index (Phi) is 7.84. The smallest absolute Gasteiger partial charge is 0.304 e. The molecule has 1 aromatic rings. The summed E-state index contributed by atoms with van der Waals surface area (Å²) in [6.45, 7) is 2.08. The van der Waals surface area contributed by atoms with Crippen molar-refractivity contribution in [2.45, 2.75) is 24.9 Å². The highest BCUT2D eigenvalue weighted by Gasteiger charge is 2.08. The average Bonchev–Trinajstić information content (AvgIpc) is 2.79. The summed E-state index contributed by atoms with van der Waals surface area (Å²) >= 11 is 4.00. The van der Waals surface area contributed by atoms with Gasteiger partial charge in [-0.25, -0.2) is 0 Å². The number of carbonyl (C=O) groups is 2. The van der Waals surface area contributed by atoms with E-state index in [9.17, 15) is 9.59 Å². The maximum absolute atomic E-state index is 11.5. The van der Waals surface area contributed by atoms with Gasteiger partial charge in [-0.15, -0.1) is 0 Å². The summed E-state index contributed by atoms with van der Waals surface area (Å²) in [5.74, 6) is 0.573. The van der Waals surface area contributed by atoms with Crippen LogP contribution in [0.3, 0.4) is 0 Å². The molecule has 0 bridgehead atoms. The molecule has 0 spiro atoms. The molecule has 1 amide bonds. The predicted molar refractivity (Wildman–Crippen MR) is 79.1 cm³/mol. The van der Waals surface area contributed by atoms with E-state index in [1.165, 1.54) is 11.8 Å². The third kappa shape index (κ3) is 7.38. The minimum absolute atomic E-state index is 0.0640. The minimum Gasteiger partial charge on any atom is -0.481 e. The van der Waals surface area contributed by atoms with Gasteiger partial charge in [0.2, 0.25) is 16.2 Å². The second-order valence-corrected chi connectivity index (χ2v) is 6.39. The number of aromatic nitrogens is 2. The summed E-state index contributed by atoms with van der Waals surface area (Å²) in [4.78, 5) is 26.0. The molecule has 1 rings (SSSR count). The van der Waals surface area contributed by atoms with Crippen LogP contribution in [-0.2, 0) is 9.59 Å². The van der Waals surface area contributed by atoms with Crippen molar-refractivity contribution in [3.8, 4) is 0 Å². The van der Waals surface area contributed by atoms with Crippen molar-refractivity contribution in [3.05, 3.63) is 0 Å². The number of hydrogen-bond acceptors (Lipinski definition) is 7. The number of rotatable bonds is 9. The van der Waals surface area contributed by atoms with Gasteiger partial charge in [0.1, 0.15) is 0 Å². The number of nitrogens with one attached hydrogen (secondary N) is 1. The Hall–Kier alpha value is -0.800. The zero-order chi connectivity index (χ0) is 14.1. The van der Waals surface area contributed by atoms with Crippen molar-refractivity contribution in [1.82, 2.24) is 9.36 Å². The molecule has 1 aromatic heterocycles. The van der Waals surface area contributed by atoms with Crippen molar-refractivity contribution >= 4 is 52.1 Å². The van der Waals surface area contributed by atoms with E-state index in [1.807, 2.05) is 0 Å². The van der Waals surface area contributed by atoms with Gasteiger partial charge >= 0.3 is 5.97 Å². The molecule has 2 N–H and O–H groups in total. The molecule has 0 unspecified atom stereocenters. The van der Waals surface area contributed by atoms with Crippen molar-refractivity contribution < 1.29 is 14.7 Å². The third-order valence-corrected chi connectivity index (χ3v) is 4.54. The summed E-state index contributed by atoms with van der Waals surface area (Å²) in [7, 11) is 0. The van der Waals surface area contributed by atoms with Crippen LogP contribution < -0.4 is 5.32 Å². The lowest BCUT2D eigenvalue weighted by atomic mass is 10.5. The van der Waals surface area contributed by atoms with Crippen LogP contribution in [0, 0.1) is 0 Å². The first kappa shape index (κ1) is 16.3. The van der Waals surface area contributed by atoms with Gasteiger partial charge < -0.3 is 5.11 Å². The van der Waals surface area contributed by atoms with E-state index in [1.54, 1.807) is 11.8 Å². The Balaban J connectivity index is 2.24. The number of nitrogens with zero attached hydrogens (tertiary/aromatic N) is 2. The van der Waals surface area contributed by atoms with Gasteiger partial charge in [0.25, 0.3) is 0 Å². The largest absolute Gasteiger partial charge is 0.481 e. The molecule has 0 radical (unpaired) electrons. The van der Waals surface area contributed by atoms with Gasteiger partial charge in [-0.1, -0.05) is 18.7 Å². The van der Waals surface area contributed by atoms with E-state index in [2.05, 4.69) is 21.6 Å². The molecule has 6 nitrogen and oxygen atoms in total. The van der Waals surface area contributed by atoms with Crippen molar-refractivity contribution in [3.63, 3.8) is 0 Å². The highest BCUT2D eigenvalue weighted by atomic mass is 32.2. The van der Waals surface area contributed by atoms with Crippen molar-refractivity contribution in [2.75, 3.05) is 22.6 Å². The molecule has 0 atom stereocenters. The lowest BCUT2D eigenvalue weighted by molar-refractivity contribution is -0.136. The molecule has 0 aromatic carbocycles. The van der Waals surface area contributed by atoms with Crippen molar-refractivity contribution in [2.24, 2.45) is 0 Å². The fraction of sp³-hybridized carbons (Fsp3) is 0.600. The second kappa shape index (κ2) is 9.16. The van der Waals surface area contributed by atoms with Crippen LogP contribution in [0.4, 0.5) is 5.13 Å². The van der Waals surface area contributed by atoms with Gasteiger partial charge in [-0.2, -0.15) is 21.1 Å². The second-order valence-electron chi connectivity index (χ2n) is 3.48. The van der Waals surface area contributed by atoms with Crippen molar-refractivity contribution in [1.29, 1.82) is 0 Å². The molecule has 106 valence electrons. The quantitative estimate of drug-likeness (QED) is 0.532. The minimum atomic E-state index is -0.852. The molecule has 0 aliphatic rings. The normalized spacial score (nSPS) is 10.4. The Bertz CT molecular complexity index is 425. The van der Waals surface area contributed by atoms with Gasteiger partial charge in [-0.3, -0.25) is 14.9 Å². The zero-order valence-corrected chi connectivity index (χ0v) is 12.9. The monoisotopic (exact) mass is 321 g/mol. The van der Waals surface area contributed by atoms with E-state index >= 15 is 0 Å². The van der Waals surface area contributed by atoms with Crippen LogP contribution in [0.1, 0.15) is 19.8 Å². The number of carboxylic acids is 1. The highest BCUT2D eigenvalue weighted by molar-refractivity contribution is 8.00. The maximum atomic E-state index is 11.5. The molecule has 0 saturated heterocycles. The SMILES string of the molecule is CCCSc1nsc(NC(=O)CSCCC(=O)O)n1. The lowest BCUT2D eigenvalue weighted by Crippen LogP contribution is -2.14. The Labute approximate surface area is 123 Å². The number of carboxylic acid groups (broad SMARTS) is 1. The summed E-state index contributed by atoms with van der Waals surface area (Å²) in [6, 6.07) is 0. The number of carbonyl (C=O) groups excluding carboxylic acids is 1. The van der Waals surface area contributed by atoms with Crippen LogP contribution in [0.15, 0.2) is 5.16 Å². The third-order valence-electron chi connectivity index (χ3n) is 1.78. The van der Waals surface area contributed by atoms with Crippen LogP contribution in [-0.4, -0.2) is 43.6 Å². The molecule has 0 aliphatic carbocycles. The summed E-state index contributed by atoms with van der Waals surface area (Å²) < 4.78 is 4.12. The van der Waals surface area contributed by atoms with Crippen LogP contribution in [0.25, 0.3) is 0 Å². The lowest BCUT2D eigenvalue weighted by Gasteiger charge is -2.00. The molecule has 1 heterocycles. The molecule has 9 heteroatoms. The standard InChI is InChI=1S/C10H15N3O3S3/c1-2-4-18-10-12-9(19-13-10)11-7(14)6-17-5-3-8(15)16/h2-6H2,1H3,(H,15,16)(H,11,12,13,14). The molecule has 0 aliphatic heterocycles. The number of aliphatic carboxylic acids is 1. The van der Waals surface area contributed by atoms with Gasteiger partial charge in [0.05, 0.1) is 12.2 Å². The van der Waals surface area contributed by atoms with Gasteiger partial charge in [0.15, 0.2) is 0 Å². The summed E-state index contributed by atoms with van der Waals surface area (Å²) in [5.41, 5.74) is 0. The van der Waals surface area contributed by atoms with Crippen LogP contribution in [0.5, 0.6) is 0 Å². The van der Waals surface area contributed by atoms with Crippen LogP contribution >= 0.6 is 35.1 Å². The van der Waals surface area contributed by atoms with Gasteiger partial charge in [-0.05, 0) is 6.42 Å².